The van der Waals surface area contributed by atoms with E-state index < -0.39 is 18.4 Å². The van der Waals surface area contributed by atoms with E-state index in [1.807, 2.05) is 0 Å². The Labute approximate surface area is 86.6 Å². The van der Waals surface area contributed by atoms with E-state index in [9.17, 15) is 20.0 Å². The molecule has 0 aromatic rings. The Bertz CT molecular complexity index is 233. The second kappa shape index (κ2) is 7.02. The van der Waals surface area contributed by atoms with Gasteiger partial charge in [0.15, 0.2) is 0 Å². The summed E-state index contributed by atoms with van der Waals surface area (Å²) < 4.78 is 0.0479. The van der Waals surface area contributed by atoms with Gasteiger partial charge in [0.05, 0.1) is 12.5 Å². The van der Waals surface area contributed by atoms with Crippen LogP contribution in [-0.4, -0.2) is 46.3 Å². The first-order chi connectivity index (χ1) is 7.01. The van der Waals surface area contributed by atoms with Crippen LogP contribution in [0.3, 0.4) is 0 Å². The van der Waals surface area contributed by atoms with E-state index in [0.29, 0.717) is 6.29 Å². The Hall–Kier alpha value is -1.34. The fourth-order valence-electron chi connectivity index (χ4n) is 1.06. The highest BCUT2D eigenvalue weighted by Crippen LogP contribution is 2.10. The Morgan fingerprint density at radius 2 is 2.07 bits per heavy atom. The Kier molecular flexibility index (Phi) is 6.39. The lowest BCUT2D eigenvalue weighted by molar-refractivity contribution is -0.547. The predicted molar refractivity (Wildman–Crippen MR) is 52.3 cm³/mol. The van der Waals surface area contributed by atoms with Gasteiger partial charge in [0.25, 0.3) is 6.23 Å². The molecule has 2 N–H and O–H groups in total. The monoisotopic (exact) mass is 218 g/mol. The highest BCUT2D eigenvalue weighted by Gasteiger charge is 2.20. The first-order valence-electron chi connectivity index (χ1n) is 4.40. The zero-order valence-electron chi connectivity index (χ0n) is 8.15. The van der Waals surface area contributed by atoms with Crippen LogP contribution < -0.4 is 0 Å². The van der Waals surface area contributed by atoms with Gasteiger partial charge >= 0.3 is 0 Å². The van der Waals surface area contributed by atoms with Crippen LogP contribution in [0.25, 0.3) is 0 Å². The molecule has 7 heteroatoms. The molecule has 0 aromatic carbocycles. The lowest BCUT2D eigenvalue weighted by Gasteiger charge is -2.15. The zero-order valence-corrected chi connectivity index (χ0v) is 8.15. The summed E-state index contributed by atoms with van der Waals surface area (Å²) in [5.74, 6) is 0. The van der Waals surface area contributed by atoms with Crippen LogP contribution in [0.5, 0.6) is 0 Å². The number of aliphatic hydroxyl groups excluding tert-OH is 2. The topological polar surface area (TPSA) is 113 Å². The molecule has 7 nitrogen and oxygen atoms in total. The van der Waals surface area contributed by atoms with Crippen molar-refractivity contribution in [2.24, 2.45) is 5.18 Å². The molecule has 86 valence electrons. The van der Waals surface area contributed by atoms with Crippen LogP contribution in [0, 0.1) is 10.1 Å². The molecule has 3 unspecified atom stereocenters. The molecule has 0 aliphatic carbocycles. The highest BCUT2D eigenvalue weighted by molar-refractivity contribution is 5.50. The highest BCUT2D eigenvalue weighted by atomic mass is 16.5. The lowest BCUT2D eigenvalue weighted by Crippen LogP contribution is -2.27. The molecule has 0 heterocycles. The molecule has 0 aromatic heterocycles. The number of nitroso groups, excluding NO2 is 1. The van der Waals surface area contributed by atoms with Gasteiger partial charge in [-0.25, -0.2) is 0 Å². The molecular formula is C8H14N2O5. The molecule has 0 rings (SSSR count). The van der Waals surface area contributed by atoms with Crippen LogP contribution in [-0.2, 0) is 4.79 Å². The van der Waals surface area contributed by atoms with E-state index >= 15 is 0 Å². The second-order valence-electron chi connectivity index (χ2n) is 3.18. The minimum absolute atomic E-state index is 0.0479. The molecule has 3 atom stereocenters. The number of hydroxylamine groups is 1. The summed E-state index contributed by atoms with van der Waals surface area (Å²) >= 11 is 0. The van der Waals surface area contributed by atoms with Crippen molar-refractivity contribution in [2.75, 3.05) is 0 Å². The SMILES string of the molecule is C=[N+]([O-])C(O)CC(O)CC(CC=O)N=O. The maximum atomic E-state index is 10.5. The summed E-state index contributed by atoms with van der Waals surface area (Å²) in [5.41, 5.74) is 0. The van der Waals surface area contributed by atoms with Gasteiger partial charge in [-0.2, -0.15) is 9.65 Å². The molecule has 0 radical (unpaired) electrons. The van der Waals surface area contributed by atoms with E-state index in [2.05, 4.69) is 11.9 Å². The van der Waals surface area contributed by atoms with Crippen molar-refractivity contribution in [2.45, 2.75) is 37.6 Å². The van der Waals surface area contributed by atoms with E-state index in [1.54, 1.807) is 0 Å². The fourth-order valence-corrected chi connectivity index (χ4v) is 1.06. The van der Waals surface area contributed by atoms with Crippen molar-refractivity contribution in [3.8, 4) is 0 Å². The van der Waals surface area contributed by atoms with Gasteiger partial charge in [-0.3, -0.25) is 0 Å². The van der Waals surface area contributed by atoms with Crippen LogP contribution in [0.1, 0.15) is 19.3 Å². The summed E-state index contributed by atoms with van der Waals surface area (Å²) in [6.07, 6.45) is -2.35. The molecule has 0 amide bonds. The van der Waals surface area contributed by atoms with Crippen LogP contribution in [0.4, 0.5) is 0 Å². The van der Waals surface area contributed by atoms with Gasteiger partial charge < -0.3 is 20.2 Å². The minimum atomic E-state index is -1.43. The number of hydrogen-bond acceptors (Lipinski definition) is 6. The number of carbonyl (C=O) groups excluding carboxylic acids is 1. The number of hydrogen-bond donors (Lipinski definition) is 2. The molecule has 0 aliphatic heterocycles. The molecule has 0 saturated carbocycles. The van der Waals surface area contributed by atoms with Crippen molar-refractivity contribution in [1.29, 1.82) is 0 Å². The lowest BCUT2D eigenvalue weighted by atomic mass is 10.0. The molecule has 15 heavy (non-hydrogen) atoms. The fraction of sp³-hybridized carbons (Fsp3) is 0.750. The molecule has 0 bridgehead atoms. The standard InChI is InChI=1S/C8H14N2O5/c1-10(15)8(13)5-7(12)4-6(9-14)2-3-11/h3,6-8,12-13H,1-2,4-5H2. The first-order valence-corrected chi connectivity index (χ1v) is 4.40. The van der Waals surface area contributed by atoms with Gasteiger partial charge in [0, 0.05) is 6.42 Å². The van der Waals surface area contributed by atoms with Gasteiger partial charge in [0.1, 0.15) is 19.0 Å². The van der Waals surface area contributed by atoms with Crippen molar-refractivity contribution in [1.82, 2.24) is 0 Å². The quantitative estimate of drug-likeness (QED) is 0.107. The Morgan fingerprint density at radius 3 is 2.47 bits per heavy atom. The number of aldehydes is 1. The largest absolute Gasteiger partial charge is 0.622 e. The predicted octanol–water partition coefficient (Wildman–Crippen LogP) is -0.619. The molecule has 0 spiro atoms. The number of aliphatic hydroxyl groups is 2. The van der Waals surface area contributed by atoms with Crippen molar-refractivity contribution < 1.29 is 19.7 Å². The average molecular weight is 218 g/mol. The van der Waals surface area contributed by atoms with Crippen molar-refractivity contribution in [3.63, 3.8) is 0 Å². The van der Waals surface area contributed by atoms with Gasteiger partial charge in [-0.1, -0.05) is 5.18 Å². The summed E-state index contributed by atoms with van der Waals surface area (Å²) in [6, 6.07) is -0.824. The second-order valence-corrected chi connectivity index (χ2v) is 3.18. The maximum Gasteiger partial charge on any atom is 0.266 e. The van der Waals surface area contributed by atoms with E-state index in [1.165, 1.54) is 0 Å². The van der Waals surface area contributed by atoms with Crippen molar-refractivity contribution >= 4 is 13.0 Å². The third kappa shape index (κ3) is 5.87. The smallest absolute Gasteiger partial charge is 0.266 e. The normalized spacial score (nSPS) is 16.4. The van der Waals surface area contributed by atoms with E-state index in [-0.39, 0.29) is 24.0 Å². The van der Waals surface area contributed by atoms with Crippen LogP contribution >= 0.6 is 0 Å². The van der Waals surface area contributed by atoms with Crippen LogP contribution in [0.2, 0.25) is 0 Å². The maximum absolute atomic E-state index is 10.5. The van der Waals surface area contributed by atoms with E-state index in [0.717, 1.165) is 0 Å². The van der Waals surface area contributed by atoms with Gasteiger partial charge in [-0.05, 0) is 6.42 Å². The van der Waals surface area contributed by atoms with E-state index in [4.69, 9.17) is 5.11 Å². The Morgan fingerprint density at radius 1 is 1.47 bits per heavy atom. The number of nitrogens with zero attached hydrogens (tertiary/aromatic N) is 2. The molecular weight excluding hydrogens is 204 g/mol. The van der Waals surface area contributed by atoms with Gasteiger partial charge in [0.2, 0.25) is 0 Å². The number of carbonyl (C=O) groups is 1. The minimum Gasteiger partial charge on any atom is -0.622 e. The third-order valence-electron chi connectivity index (χ3n) is 1.88. The summed E-state index contributed by atoms with van der Waals surface area (Å²) in [7, 11) is 0. The third-order valence-corrected chi connectivity index (χ3v) is 1.88. The number of rotatable bonds is 8. The first kappa shape index (κ1) is 13.7. The molecule has 0 aliphatic rings. The average Bonchev–Trinajstić information content (AvgIpc) is 2.16. The van der Waals surface area contributed by atoms with Gasteiger partial charge in [-0.15, -0.1) is 0 Å². The molecule has 0 fully saturated rings. The molecule has 0 saturated heterocycles. The summed E-state index contributed by atoms with van der Waals surface area (Å²) in [5, 5.41) is 31.5. The zero-order chi connectivity index (χ0) is 11.8. The summed E-state index contributed by atoms with van der Waals surface area (Å²) in [6.45, 7) is 2.90. The van der Waals surface area contributed by atoms with Crippen molar-refractivity contribution in [3.05, 3.63) is 10.1 Å². The summed E-state index contributed by atoms with van der Waals surface area (Å²) in [4.78, 5) is 20.3. The van der Waals surface area contributed by atoms with Crippen LogP contribution in [0.15, 0.2) is 5.18 Å². The Balaban J connectivity index is 3.99.